The van der Waals surface area contributed by atoms with Crippen LogP contribution in [0.15, 0.2) is 491 Å². The van der Waals surface area contributed by atoms with Gasteiger partial charge in [0.15, 0.2) is 16.1 Å². The summed E-state index contributed by atoms with van der Waals surface area (Å²) >= 11 is 9.64. The van der Waals surface area contributed by atoms with E-state index in [1.807, 2.05) is 30.3 Å². The van der Waals surface area contributed by atoms with Crippen molar-refractivity contribution in [3.05, 3.63) is 506 Å². The number of benzene rings is 19. The number of aromatic nitrogens is 4. The Labute approximate surface area is 793 Å². The molecule has 0 atom stereocenters. The summed E-state index contributed by atoms with van der Waals surface area (Å²) in [6, 6.07) is 177. The van der Waals surface area contributed by atoms with Gasteiger partial charge in [-0.3, -0.25) is 0 Å². The minimum Gasteiger partial charge on any atom is -0.399 e. The molecule has 0 saturated carbocycles. The number of halogens is 4. The Kier molecular flexibility index (Phi) is 25.6. The van der Waals surface area contributed by atoms with Gasteiger partial charge in [0.05, 0.1) is 44.1 Å². The Morgan fingerprint density at radius 1 is 0.159 bits per heavy atom. The van der Waals surface area contributed by atoms with Crippen molar-refractivity contribution in [2.24, 2.45) is 0 Å². The van der Waals surface area contributed by atoms with Crippen LogP contribution in [0.5, 0.6) is 0 Å². The van der Waals surface area contributed by atoms with Gasteiger partial charge in [0.2, 0.25) is 0 Å². The Hall–Kier alpha value is -12.4. The number of anilines is 1. The molecule has 23 rings (SSSR count). The molecule has 19 aromatic carbocycles. The normalized spacial score (nSPS) is 11.3. The first kappa shape index (κ1) is 84.4. The number of para-hydroxylation sites is 7. The van der Waals surface area contributed by atoms with Gasteiger partial charge in [-0.25, -0.2) is 0 Å². The topological polar surface area (TPSA) is 45.7 Å². The van der Waals surface area contributed by atoms with Crippen LogP contribution in [0, 0.1) is 14.3 Å². The van der Waals surface area contributed by atoms with Crippen molar-refractivity contribution < 1.29 is 0 Å². The molecule has 0 aliphatic heterocycles. The van der Waals surface area contributed by atoms with E-state index >= 15 is 0 Å². The molecule has 3 radical (unpaired) electrons. The smallest absolute Gasteiger partial charge is 0.179 e. The van der Waals surface area contributed by atoms with Gasteiger partial charge in [-0.05, 0) is 290 Å². The SMILES string of the molecule is Ic1ccc2c(c1)c1cc(I)ccc1n2-c1ccccc1.Ic1ccc2c(c1)c1cc([Si](c3ccccc3)(c3ccccc3)c3ccccc3)ccc1n2-c1ccccc1.Ic1ccc2c(c1)c1cc([Si](c3ccccc3)(c3ccccc3)c3ccccc3)ccc1n2-c1ccccc1.Nc1ccccc1.[B].c1ccc(-n2c3ccccc3c3ccccc32)cc1. The summed E-state index contributed by atoms with van der Waals surface area (Å²) in [7, 11) is -5.20. The first-order chi connectivity index (χ1) is 61.6. The quantitative estimate of drug-likeness (QED) is 0.0563. The zero-order valence-electron chi connectivity index (χ0n) is 68.7. The lowest BCUT2D eigenvalue weighted by atomic mass is 10.1. The molecular weight excluding hydrogens is 2010 g/mol. The van der Waals surface area contributed by atoms with Crippen LogP contribution in [-0.2, 0) is 0 Å². The molecule has 0 saturated heterocycles. The maximum atomic E-state index is 5.36. The predicted molar refractivity (Wildman–Crippen MR) is 578 cm³/mol. The van der Waals surface area contributed by atoms with E-state index in [1.54, 1.807) is 0 Å². The molecular formula is C114H83BI4N5Si2. The van der Waals surface area contributed by atoms with Crippen LogP contribution in [-0.4, -0.2) is 42.8 Å². The Morgan fingerprint density at radius 2 is 0.333 bits per heavy atom. The number of nitrogens with zero attached hydrogens (tertiary/aromatic N) is 4. The zero-order chi connectivity index (χ0) is 84.6. The molecule has 0 bridgehead atoms. The van der Waals surface area contributed by atoms with Crippen LogP contribution in [0.4, 0.5) is 5.69 Å². The third-order valence-electron chi connectivity index (χ3n) is 23.7. The van der Waals surface area contributed by atoms with Crippen LogP contribution in [0.3, 0.4) is 0 Å². The number of fused-ring (bicyclic) bond motifs is 12. The van der Waals surface area contributed by atoms with Crippen molar-refractivity contribution in [2.45, 2.75) is 0 Å². The average molecular weight is 2100 g/mol. The zero-order valence-corrected chi connectivity index (χ0v) is 79.4. The van der Waals surface area contributed by atoms with E-state index < -0.39 is 16.1 Å². The third kappa shape index (κ3) is 16.5. The second-order valence-electron chi connectivity index (χ2n) is 30.9. The number of nitrogen functional groups attached to an aromatic ring is 1. The molecule has 0 unspecified atom stereocenters. The van der Waals surface area contributed by atoms with E-state index in [0.29, 0.717) is 0 Å². The Balaban J connectivity index is 0.000000115. The molecule has 0 spiro atoms. The summed E-state index contributed by atoms with van der Waals surface area (Å²) in [6.07, 6.45) is 0. The van der Waals surface area contributed by atoms with Gasteiger partial charge in [0, 0.05) is 94.2 Å². The van der Waals surface area contributed by atoms with E-state index in [1.165, 1.54) is 166 Å². The minimum atomic E-state index is -2.60. The van der Waals surface area contributed by atoms with E-state index in [-0.39, 0.29) is 8.41 Å². The van der Waals surface area contributed by atoms with E-state index in [2.05, 4.69) is 570 Å². The molecule has 4 aromatic heterocycles. The molecule has 5 nitrogen and oxygen atoms in total. The number of rotatable bonds is 12. The predicted octanol–water partition coefficient (Wildman–Crippen LogP) is 25.2. The highest BCUT2D eigenvalue weighted by Gasteiger charge is 2.43. The molecule has 12 heteroatoms. The summed E-state index contributed by atoms with van der Waals surface area (Å²) in [4.78, 5) is 0. The van der Waals surface area contributed by atoms with Gasteiger partial charge >= 0.3 is 0 Å². The van der Waals surface area contributed by atoms with Gasteiger partial charge in [-0.15, -0.1) is 0 Å². The fourth-order valence-electron chi connectivity index (χ4n) is 18.4. The van der Waals surface area contributed by atoms with Gasteiger partial charge < -0.3 is 24.0 Å². The van der Waals surface area contributed by atoms with Crippen molar-refractivity contribution in [1.29, 1.82) is 0 Å². The Morgan fingerprint density at radius 3 is 0.548 bits per heavy atom. The first-order valence-electron chi connectivity index (χ1n) is 41.8. The van der Waals surface area contributed by atoms with Crippen molar-refractivity contribution >= 4 is 249 Å². The minimum absolute atomic E-state index is 0. The lowest BCUT2D eigenvalue weighted by molar-refractivity contribution is 1.18. The molecule has 2 N–H and O–H groups in total. The summed E-state index contributed by atoms with van der Waals surface area (Å²) in [5.74, 6) is 0. The molecule has 0 amide bonds. The van der Waals surface area contributed by atoms with Crippen LogP contribution in [0.1, 0.15) is 0 Å². The standard InChI is InChI=1S/2C36H26INSi.C18H11I2N.C18H13N.C6H7N.B/c2*37-27-21-23-35-33(25-27)34-26-32(22-24-36(34)38(35)28-13-5-1-6-14-28)39(29-15-7-2-8-16-29,30-17-9-3-10-18-30)31-19-11-4-12-20-31;19-12-6-8-17-15(10-12)16-11-13(20)7-9-18(16)21(17)14-4-2-1-3-5-14;1-2-8-14(9-3-1)19-17-12-6-4-10-15(17)16-11-5-7-13-18(16)19;7-6-4-2-1-3-5-6;/h2*1-26H;1-11H;1-13H;1-5H,7H2;. The fraction of sp³-hybridized carbons (Fsp3) is 0. The maximum Gasteiger partial charge on any atom is 0.179 e. The van der Waals surface area contributed by atoms with E-state index in [0.717, 1.165) is 5.69 Å². The van der Waals surface area contributed by atoms with Crippen molar-refractivity contribution in [2.75, 3.05) is 5.73 Å². The Bertz CT molecular complexity index is 7090. The summed E-state index contributed by atoms with van der Waals surface area (Å²) in [5.41, 5.74) is 21.0. The molecule has 0 fully saturated rings. The summed E-state index contributed by atoms with van der Waals surface area (Å²) in [5, 5.41) is 21.6. The van der Waals surface area contributed by atoms with Gasteiger partial charge in [0.25, 0.3) is 0 Å². The van der Waals surface area contributed by atoms with Gasteiger partial charge in [-0.2, -0.15) is 0 Å². The van der Waals surface area contributed by atoms with Crippen LogP contribution < -0.4 is 47.2 Å². The fourth-order valence-corrected chi connectivity index (χ4v) is 29.9. The summed E-state index contributed by atoms with van der Waals surface area (Å²) < 4.78 is 14.5. The third-order valence-corrected chi connectivity index (χ3v) is 35.9. The second kappa shape index (κ2) is 38.2. The molecule has 4 heterocycles. The van der Waals surface area contributed by atoms with Crippen LogP contribution >= 0.6 is 90.4 Å². The average Bonchev–Trinajstić information content (AvgIpc) is 1.40. The lowest BCUT2D eigenvalue weighted by Crippen LogP contribution is -2.74. The van der Waals surface area contributed by atoms with E-state index in [4.69, 9.17) is 5.73 Å². The molecule has 23 aromatic rings. The molecule has 0 aliphatic rings. The highest BCUT2D eigenvalue weighted by molar-refractivity contribution is 14.1. The second-order valence-corrected chi connectivity index (χ2v) is 43.5. The first-order valence-corrected chi connectivity index (χ1v) is 50.1. The largest absolute Gasteiger partial charge is 0.399 e. The van der Waals surface area contributed by atoms with Crippen molar-refractivity contribution in [1.82, 2.24) is 18.3 Å². The molecule has 603 valence electrons. The highest BCUT2D eigenvalue weighted by Crippen LogP contribution is 2.38. The maximum absolute atomic E-state index is 5.36. The molecule has 0 aliphatic carbocycles. The highest BCUT2D eigenvalue weighted by atomic mass is 127. The van der Waals surface area contributed by atoms with E-state index in [9.17, 15) is 0 Å². The van der Waals surface area contributed by atoms with Crippen molar-refractivity contribution in [3.63, 3.8) is 0 Å². The number of nitrogens with two attached hydrogens (primary N) is 1. The van der Waals surface area contributed by atoms with Crippen LogP contribution in [0.2, 0.25) is 0 Å². The van der Waals surface area contributed by atoms with Gasteiger partial charge in [-0.1, -0.05) is 334 Å². The monoisotopic (exact) mass is 2100 g/mol. The summed E-state index contributed by atoms with van der Waals surface area (Å²) in [6.45, 7) is 0. The van der Waals surface area contributed by atoms with Crippen molar-refractivity contribution in [3.8, 4) is 22.7 Å². The van der Waals surface area contributed by atoms with Gasteiger partial charge in [0.1, 0.15) is 0 Å². The lowest BCUT2D eigenvalue weighted by Gasteiger charge is -2.34. The number of hydrogen-bond donors (Lipinski definition) is 1. The number of hydrogen-bond acceptors (Lipinski definition) is 1. The van der Waals surface area contributed by atoms with Crippen LogP contribution in [0.25, 0.3) is 110 Å². The molecule has 126 heavy (non-hydrogen) atoms.